The van der Waals surface area contributed by atoms with Crippen molar-refractivity contribution in [1.82, 2.24) is 14.9 Å². The van der Waals surface area contributed by atoms with Gasteiger partial charge in [0, 0.05) is 43.5 Å². The first-order valence-electron chi connectivity index (χ1n) is 11.0. The first-order chi connectivity index (χ1) is 14.2. The van der Waals surface area contributed by atoms with Crippen molar-refractivity contribution in [3.63, 3.8) is 0 Å². The molecule has 2 heterocycles. The maximum Gasteiger partial charge on any atom is 0.224 e. The summed E-state index contributed by atoms with van der Waals surface area (Å²) < 4.78 is 0. The van der Waals surface area contributed by atoms with Gasteiger partial charge in [-0.15, -0.1) is 0 Å². The number of aliphatic hydroxyl groups is 1. The summed E-state index contributed by atoms with van der Waals surface area (Å²) in [6, 6.07) is 11.5. The molecule has 1 aliphatic carbocycles. The Balaban J connectivity index is 1.29. The van der Waals surface area contributed by atoms with Crippen molar-refractivity contribution in [2.75, 3.05) is 23.7 Å². The maximum absolute atomic E-state index is 9.68. The second-order valence-electron chi connectivity index (χ2n) is 8.56. The molecule has 0 unspecified atom stereocenters. The molecule has 1 saturated heterocycles. The Labute approximate surface area is 173 Å². The van der Waals surface area contributed by atoms with Gasteiger partial charge in [-0.3, -0.25) is 4.90 Å². The summed E-state index contributed by atoms with van der Waals surface area (Å²) in [4.78, 5) is 11.8. The molecule has 29 heavy (non-hydrogen) atoms. The molecule has 2 aliphatic rings. The highest BCUT2D eigenvalue weighted by Gasteiger charge is 2.22. The van der Waals surface area contributed by atoms with Gasteiger partial charge in [-0.25, -0.2) is 4.98 Å². The number of aromatic nitrogens is 2. The van der Waals surface area contributed by atoms with Crippen LogP contribution in [0.15, 0.2) is 36.5 Å². The van der Waals surface area contributed by atoms with Crippen molar-refractivity contribution < 1.29 is 5.11 Å². The molecule has 1 saturated carbocycles. The van der Waals surface area contributed by atoms with Gasteiger partial charge in [-0.05, 0) is 51.0 Å². The van der Waals surface area contributed by atoms with Crippen LogP contribution in [-0.2, 0) is 6.54 Å². The van der Waals surface area contributed by atoms with Crippen molar-refractivity contribution >= 4 is 11.8 Å². The highest BCUT2D eigenvalue weighted by molar-refractivity contribution is 5.47. The van der Waals surface area contributed by atoms with E-state index < -0.39 is 0 Å². The van der Waals surface area contributed by atoms with Crippen molar-refractivity contribution in [3.8, 4) is 0 Å². The van der Waals surface area contributed by atoms with Gasteiger partial charge >= 0.3 is 0 Å². The molecule has 1 aliphatic heterocycles. The van der Waals surface area contributed by atoms with Gasteiger partial charge in [0.1, 0.15) is 5.82 Å². The van der Waals surface area contributed by atoms with E-state index in [2.05, 4.69) is 57.8 Å². The second kappa shape index (κ2) is 9.55. The number of likely N-dealkylation sites (tertiary alicyclic amines) is 1. The van der Waals surface area contributed by atoms with E-state index in [-0.39, 0.29) is 6.10 Å². The zero-order valence-corrected chi connectivity index (χ0v) is 17.3. The largest absolute Gasteiger partial charge is 0.393 e. The van der Waals surface area contributed by atoms with Crippen LogP contribution in [0.4, 0.5) is 11.8 Å². The van der Waals surface area contributed by atoms with Crippen LogP contribution in [0.5, 0.6) is 0 Å². The number of piperidine rings is 1. The molecule has 0 radical (unpaired) electrons. The number of benzene rings is 1. The number of hydrogen-bond acceptors (Lipinski definition) is 6. The molecule has 6 heteroatoms. The van der Waals surface area contributed by atoms with E-state index in [0.717, 1.165) is 69.5 Å². The van der Waals surface area contributed by atoms with E-state index in [4.69, 9.17) is 4.98 Å². The quantitative estimate of drug-likeness (QED) is 0.694. The number of hydrogen-bond donors (Lipinski definition) is 3. The summed E-state index contributed by atoms with van der Waals surface area (Å²) >= 11 is 0. The number of aryl methyl sites for hydroxylation is 1. The van der Waals surface area contributed by atoms with Crippen LogP contribution in [0.25, 0.3) is 0 Å². The second-order valence-corrected chi connectivity index (χ2v) is 8.56. The van der Waals surface area contributed by atoms with Gasteiger partial charge < -0.3 is 15.7 Å². The Bertz CT molecular complexity index is 768. The van der Waals surface area contributed by atoms with Crippen molar-refractivity contribution in [2.24, 2.45) is 0 Å². The topological polar surface area (TPSA) is 73.3 Å². The van der Waals surface area contributed by atoms with Crippen LogP contribution in [0.3, 0.4) is 0 Å². The molecule has 0 spiro atoms. The van der Waals surface area contributed by atoms with Crippen LogP contribution < -0.4 is 10.6 Å². The van der Waals surface area contributed by atoms with E-state index in [9.17, 15) is 5.11 Å². The van der Waals surface area contributed by atoms with Gasteiger partial charge in [0.15, 0.2) is 0 Å². The third kappa shape index (κ3) is 5.67. The number of anilines is 2. The standard InChI is InChI=1S/C23H33N5O/c1-17-15-24-23(26-19-7-9-21(29)10-8-19)27-22(17)25-20-11-13-28(14-12-20)16-18-5-3-2-4-6-18/h2-6,15,19-21,29H,7-14,16H2,1H3,(H2,24,25,26,27). The van der Waals surface area contributed by atoms with Gasteiger partial charge in [0.05, 0.1) is 6.10 Å². The fourth-order valence-electron chi connectivity index (χ4n) is 4.33. The lowest BCUT2D eigenvalue weighted by atomic mass is 9.93. The molecular formula is C23H33N5O. The Morgan fingerprint density at radius 2 is 1.66 bits per heavy atom. The van der Waals surface area contributed by atoms with Crippen molar-refractivity contribution in [1.29, 1.82) is 0 Å². The average molecular weight is 396 g/mol. The van der Waals surface area contributed by atoms with E-state index in [0.29, 0.717) is 18.0 Å². The normalized spacial score (nSPS) is 23.7. The van der Waals surface area contributed by atoms with E-state index in [1.165, 1.54) is 5.56 Å². The number of rotatable bonds is 6. The number of aliphatic hydroxyl groups excluding tert-OH is 1. The first-order valence-corrected chi connectivity index (χ1v) is 11.0. The smallest absolute Gasteiger partial charge is 0.224 e. The Hall–Kier alpha value is -2.18. The monoisotopic (exact) mass is 395 g/mol. The van der Waals surface area contributed by atoms with Crippen LogP contribution in [0, 0.1) is 6.92 Å². The summed E-state index contributed by atoms with van der Waals surface area (Å²) in [5.41, 5.74) is 2.47. The zero-order valence-electron chi connectivity index (χ0n) is 17.3. The molecule has 3 N–H and O–H groups in total. The van der Waals surface area contributed by atoms with Crippen LogP contribution >= 0.6 is 0 Å². The minimum Gasteiger partial charge on any atom is -0.393 e. The van der Waals surface area contributed by atoms with Crippen molar-refractivity contribution in [3.05, 3.63) is 47.7 Å². The van der Waals surface area contributed by atoms with Crippen LogP contribution in [-0.4, -0.2) is 51.3 Å². The van der Waals surface area contributed by atoms with Gasteiger partial charge in [0.2, 0.25) is 5.95 Å². The molecule has 2 aromatic rings. The van der Waals surface area contributed by atoms with Gasteiger partial charge in [0.25, 0.3) is 0 Å². The average Bonchev–Trinajstić information content (AvgIpc) is 2.74. The summed E-state index contributed by atoms with van der Waals surface area (Å²) in [6.45, 7) is 5.30. The lowest BCUT2D eigenvalue weighted by Crippen LogP contribution is -2.39. The molecule has 0 atom stereocenters. The van der Waals surface area contributed by atoms with E-state index >= 15 is 0 Å². The molecule has 4 rings (SSSR count). The highest BCUT2D eigenvalue weighted by atomic mass is 16.3. The van der Waals surface area contributed by atoms with Crippen molar-refractivity contribution in [2.45, 2.75) is 70.2 Å². The van der Waals surface area contributed by atoms with Crippen LogP contribution in [0.1, 0.15) is 49.7 Å². The fraction of sp³-hybridized carbons (Fsp3) is 0.565. The summed E-state index contributed by atoms with van der Waals surface area (Å²) in [6.07, 6.45) is 7.67. The predicted octanol–water partition coefficient (Wildman–Crippen LogP) is 3.58. The molecule has 0 bridgehead atoms. The maximum atomic E-state index is 9.68. The third-order valence-corrected chi connectivity index (χ3v) is 6.18. The third-order valence-electron chi connectivity index (χ3n) is 6.18. The molecule has 2 fully saturated rings. The molecule has 6 nitrogen and oxygen atoms in total. The summed E-state index contributed by atoms with van der Waals surface area (Å²) in [7, 11) is 0. The minimum atomic E-state index is -0.142. The number of nitrogens with one attached hydrogen (secondary N) is 2. The molecule has 1 aromatic carbocycles. The summed E-state index contributed by atoms with van der Waals surface area (Å²) in [5, 5.41) is 16.8. The van der Waals surface area contributed by atoms with E-state index in [1.807, 2.05) is 6.20 Å². The first kappa shape index (κ1) is 20.1. The van der Waals surface area contributed by atoms with E-state index in [1.54, 1.807) is 0 Å². The minimum absolute atomic E-state index is 0.142. The Morgan fingerprint density at radius 3 is 2.38 bits per heavy atom. The molecular weight excluding hydrogens is 362 g/mol. The molecule has 0 amide bonds. The predicted molar refractivity (Wildman–Crippen MR) is 117 cm³/mol. The highest BCUT2D eigenvalue weighted by Crippen LogP contribution is 2.23. The Morgan fingerprint density at radius 1 is 0.966 bits per heavy atom. The molecule has 156 valence electrons. The van der Waals surface area contributed by atoms with Gasteiger partial charge in [-0.2, -0.15) is 4.98 Å². The lowest BCUT2D eigenvalue weighted by molar-refractivity contribution is 0.126. The Kier molecular flexibility index (Phi) is 6.62. The van der Waals surface area contributed by atoms with Gasteiger partial charge in [-0.1, -0.05) is 30.3 Å². The number of nitrogens with zero attached hydrogens (tertiary/aromatic N) is 3. The fourth-order valence-corrected chi connectivity index (χ4v) is 4.33. The zero-order chi connectivity index (χ0) is 20.1. The molecule has 1 aromatic heterocycles. The SMILES string of the molecule is Cc1cnc(NC2CCC(O)CC2)nc1NC1CCN(Cc2ccccc2)CC1. The lowest BCUT2D eigenvalue weighted by Gasteiger charge is -2.33. The van der Waals surface area contributed by atoms with Crippen LogP contribution in [0.2, 0.25) is 0 Å². The summed E-state index contributed by atoms with van der Waals surface area (Å²) in [5.74, 6) is 1.64.